The third kappa shape index (κ3) is 3.37. The SMILES string of the molecule is CC(C)(NC(=O)Nc1cccc(C(=O)O)c1O)C(N)=O. The minimum absolute atomic E-state index is 0.0947. The summed E-state index contributed by atoms with van der Waals surface area (Å²) >= 11 is 0. The number of primary amides is 1. The van der Waals surface area contributed by atoms with Gasteiger partial charge in [0.2, 0.25) is 5.91 Å². The second-order valence-electron chi connectivity index (χ2n) is 4.58. The normalized spacial score (nSPS) is 10.7. The number of carbonyl (C=O) groups excluding carboxylic acids is 2. The van der Waals surface area contributed by atoms with E-state index in [1.54, 1.807) is 0 Å². The molecule has 0 bridgehead atoms. The molecule has 0 radical (unpaired) electrons. The zero-order valence-electron chi connectivity index (χ0n) is 10.9. The number of rotatable bonds is 4. The Kier molecular flexibility index (Phi) is 4.18. The van der Waals surface area contributed by atoms with Gasteiger partial charge in [0.15, 0.2) is 5.75 Å². The lowest BCUT2D eigenvalue weighted by molar-refractivity contribution is -0.122. The standard InChI is InChI=1S/C12H15N3O5/c1-12(2,10(13)19)15-11(20)14-7-5-3-4-6(8(7)16)9(17)18/h3-5,16H,1-2H3,(H2,13,19)(H,17,18)(H2,14,15,20). The Morgan fingerprint density at radius 3 is 2.35 bits per heavy atom. The number of hydrogen-bond acceptors (Lipinski definition) is 4. The van der Waals surface area contributed by atoms with Gasteiger partial charge in [-0.3, -0.25) is 4.79 Å². The van der Waals surface area contributed by atoms with Gasteiger partial charge in [-0.05, 0) is 26.0 Å². The molecule has 0 aliphatic rings. The number of anilines is 1. The summed E-state index contributed by atoms with van der Waals surface area (Å²) in [6.45, 7) is 2.81. The number of nitrogens with two attached hydrogens (primary N) is 1. The first-order chi connectivity index (χ1) is 9.15. The molecule has 0 saturated carbocycles. The minimum atomic E-state index is -1.33. The molecule has 0 saturated heterocycles. The van der Waals surface area contributed by atoms with Crippen molar-refractivity contribution in [2.75, 3.05) is 5.32 Å². The molecule has 0 aliphatic carbocycles. The lowest BCUT2D eigenvalue weighted by atomic mass is 10.1. The molecule has 1 aromatic rings. The summed E-state index contributed by atoms with van der Waals surface area (Å²) < 4.78 is 0. The van der Waals surface area contributed by atoms with Crippen LogP contribution in [0.3, 0.4) is 0 Å². The van der Waals surface area contributed by atoms with E-state index in [0.29, 0.717) is 0 Å². The summed E-state index contributed by atoms with van der Waals surface area (Å²) in [5.74, 6) is -2.65. The maximum atomic E-state index is 11.7. The number of phenols is 1. The predicted molar refractivity (Wildman–Crippen MR) is 70.5 cm³/mol. The zero-order valence-corrected chi connectivity index (χ0v) is 10.9. The van der Waals surface area contributed by atoms with Gasteiger partial charge in [-0.2, -0.15) is 0 Å². The third-order valence-corrected chi connectivity index (χ3v) is 2.56. The Bertz CT molecular complexity index is 568. The van der Waals surface area contributed by atoms with Gasteiger partial charge in [0.05, 0.1) is 5.69 Å². The van der Waals surface area contributed by atoms with Crippen molar-refractivity contribution in [1.82, 2.24) is 5.32 Å². The number of carboxylic acids is 1. The highest BCUT2D eigenvalue weighted by Gasteiger charge is 2.27. The smallest absolute Gasteiger partial charge is 0.339 e. The van der Waals surface area contributed by atoms with Crippen molar-refractivity contribution in [2.45, 2.75) is 19.4 Å². The first kappa shape index (κ1) is 15.3. The van der Waals surface area contributed by atoms with Gasteiger partial charge >= 0.3 is 12.0 Å². The Labute approximate surface area is 114 Å². The molecule has 0 aromatic heterocycles. The third-order valence-electron chi connectivity index (χ3n) is 2.56. The van der Waals surface area contributed by atoms with E-state index in [4.69, 9.17) is 10.8 Å². The number of nitrogens with one attached hydrogen (secondary N) is 2. The molecule has 1 aromatic carbocycles. The molecule has 0 spiro atoms. The van der Waals surface area contributed by atoms with E-state index in [9.17, 15) is 19.5 Å². The highest BCUT2D eigenvalue weighted by molar-refractivity contribution is 5.99. The molecule has 1 rings (SSSR count). The average molecular weight is 281 g/mol. The molecular weight excluding hydrogens is 266 g/mol. The second kappa shape index (κ2) is 5.47. The van der Waals surface area contributed by atoms with Gasteiger partial charge in [0.1, 0.15) is 11.1 Å². The van der Waals surface area contributed by atoms with E-state index in [0.717, 1.165) is 0 Å². The second-order valence-corrected chi connectivity index (χ2v) is 4.58. The van der Waals surface area contributed by atoms with Crippen molar-refractivity contribution in [3.63, 3.8) is 0 Å². The predicted octanol–water partition coefficient (Wildman–Crippen LogP) is 0.476. The fraction of sp³-hybridized carbons (Fsp3) is 0.250. The Balaban J connectivity index is 2.90. The van der Waals surface area contributed by atoms with Crippen molar-refractivity contribution in [3.8, 4) is 5.75 Å². The van der Waals surface area contributed by atoms with Gasteiger partial charge in [0.25, 0.3) is 0 Å². The Morgan fingerprint density at radius 2 is 1.85 bits per heavy atom. The first-order valence-electron chi connectivity index (χ1n) is 5.59. The largest absolute Gasteiger partial charge is 0.505 e. The van der Waals surface area contributed by atoms with Crippen LogP contribution in [0.15, 0.2) is 18.2 Å². The highest BCUT2D eigenvalue weighted by Crippen LogP contribution is 2.27. The fourth-order valence-electron chi connectivity index (χ4n) is 1.32. The van der Waals surface area contributed by atoms with Crippen molar-refractivity contribution in [3.05, 3.63) is 23.8 Å². The lowest BCUT2D eigenvalue weighted by Gasteiger charge is -2.22. The molecular formula is C12H15N3O5. The average Bonchev–Trinajstić information content (AvgIpc) is 2.30. The molecule has 108 valence electrons. The number of aromatic carboxylic acids is 1. The van der Waals surface area contributed by atoms with Crippen molar-refractivity contribution >= 4 is 23.6 Å². The number of urea groups is 1. The molecule has 0 unspecified atom stereocenters. The lowest BCUT2D eigenvalue weighted by Crippen LogP contribution is -2.54. The number of hydrogen-bond donors (Lipinski definition) is 5. The van der Waals surface area contributed by atoms with Crippen LogP contribution in [0, 0.1) is 0 Å². The Hall–Kier alpha value is -2.77. The number of aromatic hydroxyl groups is 1. The van der Waals surface area contributed by atoms with Crippen LogP contribution >= 0.6 is 0 Å². The summed E-state index contributed by atoms with van der Waals surface area (Å²) in [6, 6.07) is 3.07. The van der Waals surface area contributed by atoms with Crippen LogP contribution in [-0.2, 0) is 4.79 Å². The van der Waals surface area contributed by atoms with Crippen LogP contribution in [0.4, 0.5) is 10.5 Å². The molecule has 6 N–H and O–H groups in total. The van der Waals surface area contributed by atoms with E-state index < -0.39 is 29.2 Å². The maximum Gasteiger partial charge on any atom is 0.339 e. The zero-order chi connectivity index (χ0) is 15.5. The molecule has 3 amide bonds. The van der Waals surface area contributed by atoms with E-state index in [-0.39, 0.29) is 11.3 Å². The van der Waals surface area contributed by atoms with Gasteiger partial charge in [0, 0.05) is 0 Å². The van der Waals surface area contributed by atoms with Gasteiger partial charge < -0.3 is 26.6 Å². The van der Waals surface area contributed by atoms with Crippen LogP contribution in [0.2, 0.25) is 0 Å². The summed E-state index contributed by atoms with van der Waals surface area (Å²) in [6.07, 6.45) is 0. The van der Waals surface area contributed by atoms with E-state index in [1.165, 1.54) is 32.0 Å². The van der Waals surface area contributed by atoms with Crippen LogP contribution in [0.25, 0.3) is 0 Å². The van der Waals surface area contributed by atoms with Crippen LogP contribution < -0.4 is 16.4 Å². The van der Waals surface area contributed by atoms with Crippen molar-refractivity contribution in [2.24, 2.45) is 5.73 Å². The summed E-state index contributed by atoms with van der Waals surface area (Å²) in [4.78, 5) is 33.6. The molecule has 8 heteroatoms. The summed E-state index contributed by atoms with van der Waals surface area (Å²) in [5.41, 5.74) is 3.36. The van der Waals surface area contributed by atoms with Crippen LogP contribution in [-0.4, -0.2) is 33.7 Å². The number of benzene rings is 1. The topological polar surface area (TPSA) is 142 Å². The number of para-hydroxylation sites is 1. The minimum Gasteiger partial charge on any atom is -0.505 e. The Morgan fingerprint density at radius 1 is 1.25 bits per heavy atom. The first-order valence-corrected chi connectivity index (χ1v) is 5.59. The van der Waals surface area contributed by atoms with Gasteiger partial charge in [-0.25, -0.2) is 9.59 Å². The van der Waals surface area contributed by atoms with Crippen molar-refractivity contribution < 1.29 is 24.6 Å². The molecule has 0 aliphatic heterocycles. The van der Waals surface area contributed by atoms with Crippen LogP contribution in [0.1, 0.15) is 24.2 Å². The molecule has 0 heterocycles. The molecule has 8 nitrogen and oxygen atoms in total. The van der Waals surface area contributed by atoms with E-state index in [1.807, 2.05) is 0 Å². The fourth-order valence-corrected chi connectivity index (χ4v) is 1.32. The highest BCUT2D eigenvalue weighted by atomic mass is 16.4. The van der Waals surface area contributed by atoms with Crippen molar-refractivity contribution in [1.29, 1.82) is 0 Å². The van der Waals surface area contributed by atoms with Crippen LogP contribution in [0.5, 0.6) is 5.75 Å². The summed E-state index contributed by atoms with van der Waals surface area (Å²) in [7, 11) is 0. The molecule has 20 heavy (non-hydrogen) atoms. The van der Waals surface area contributed by atoms with Gasteiger partial charge in [-0.1, -0.05) is 6.07 Å². The van der Waals surface area contributed by atoms with Gasteiger partial charge in [-0.15, -0.1) is 0 Å². The number of carboxylic acid groups (broad SMARTS) is 1. The maximum absolute atomic E-state index is 11.7. The van der Waals surface area contributed by atoms with E-state index >= 15 is 0 Å². The summed E-state index contributed by atoms with van der Waals surface area (Å²) in [5, 5.41) is 23.1. The molecule has 0 fully saturated rings. The quantitative estimate of drug-likeness (QED) is 0.510. The van der Waals surface area contributed by atoms with E-state index in [2.05, 4.69) is 10.6 Å². The number of amides is 3. The molecule has 0 atom stereocenters. The monoisotopic (exact) mass is 281 g/mol. The number of carbonyl (C=O) groups is 3.